The van der Waals surface area contributed by atoms with Gasteiger partial charge in [-0.3, -0.25) is 0 Å². The second-order valence-corrected chi connectivity index (χ2v) is 5.58. The molecule has 0 amide bonds. The van der Waals surface area contributed by atoms with Gasteiger partial charge in [-0.25, -0.2) is 0 Å². The summed E-state index contributed by atoms with van der Waals surface area (Å²) in [6.45, 7) is 9.82. The first-order valence-electron chi connectivity index (χ1n) is 8.14. The molecular weight excluding hydrogens is 322 g/mol. The highest BCUT2D eigenvalue weighted by molar-refractivity contribution is 5.84. The molecule has 0 aromatic heterocycles. The molecule has 0 bridgehead atoms. The Hall–Kier alpha value is -2.91. The van der Waals surface area contributed by atoms with E-state index in [0.29, 0.717) is 0 Å². The highest BCUT2D eigenvalue weighted by Gasteiger charge is 1.91. The Labute approximate surface area is 157 Å². The molecule has 0 fully saturated rings. The minimum atomic E-state index is 0.876. The molecule has 138 valence electrons. The van der Waals surface area contributed by atoms with Crippen LogP contribution in [0.15, 0.2) is 67.2 Å². The number of carbonyl (C=O) groups excluding carboxylic acids is 1. The summed E-state index contributed by atoms with van der Waals surface area (Å²) in [4.78, 5) is 8.00. The number of nitrogens with two attached hydrogens (primary N) is 1. The van der Waals surface area contributed by atoms with Gasteiger partial charge in [0.05, 0.1) is 0 Å². The minimum absolute atomic E-state index is 0.876. The van der Waals surface area contributed by atoms with Crippen molar-refractivity contribution in [3.8, 4) is 0 Å². The van der Waals surface area contributed by atoms with Crippen LogP contribution in [0, 0.1) is 13.8 Å². The Balaban J connectivity index is 0.000000397. The Morgan fingerprint density at radius 3 is 1.96 bits per heavy atom. The Morgan fingerprint density at radius 1 is 0.885 bits per heavy atom. The summed E-state index contributed by atoms with van der Waals surface area (Å²) in [6, 6.07) is 20.7. The van der Waals surface area contributed by atoms with Gasteiger partial charge in [0.25, 0.3) is 0 Å². The summed E-state index contributed by atoms with van der Waals surface area (Å²) in [5, 5.41) is 2.55. The fourth-order valence-corrected chi connectivity index (χ4v) is 2.16. The summed E-state index contributed by atoms with van der Waals surface area (Å²) in [5.41, 5.74) is 10.1. The molecule has 0 spiro atoms. The third-order valence-corrected chi connectivity index (χ3v) is 3.43. The van der Waals surface area contributed by atoms with E-state index in [1.54, 1.807) is 14.2 Å². The number of rotatable bonds is 1. The van der Waals surface area contributed by atoms with Crippen LogP contribution in [0.3, 0.4) is 0 Å². The van der Waals surface area contributed by atoms with E-state index in [0.717, 1.165) is 11.3 Å². The molecule has 0 aliphatic heterocycles. The number of benzene rings is 3. The third-order valence-electron chi connectivity index (χ3n) is 3.43. The van der Waals surface area contributed by atoms with Crippen molar-refractivity contribution in [1.29, 1.82) is 0 Å². The topological polar surface area (TPSA) is 52.3 Å². The van der Waals surface area contributed by atoms with Crippen LogP contribution in [-0.4, -0.2) is 21.0 Å². The molecule has 3 aromatic rings. The first kappa shape index (κ1) is 23.1. The van der Waals surface area contributed by atoms with Gasteiger partial charge in [0, 0.05) is 19.9 Å². The van der Waals surface area contributed by atoms with Crippen molar-refractivity contribution in [1.82, 2.24) is 0 Å². The molecular formula is C23H29NO2. The number of fused-ring (bicyclic) bond motifs is 1. The zero-order valence-corrected chi connectivity index (χ0v) is 16.2. The largest absolute Gasteiger partial charge is 0.399 e. The van der Waals surface area contributed by atoms with Gasteiger partial charge < -0.3 is 15.3 Å². The number of aryl methyl sites for hydroxylation is 2. The lowest BCUT2D eigenvalue weighted by atomic mass is 10.1. The monoisotopic (exact) mass is 351 g/mol. The number of hydrogen-bond acceptors (Lipinski definition) is 3. The molecule has 3 rings (SSSR count). The Bertz CT molecular complexity index is 797. The average molecular weight is 351 g/mol. The molecule has 0 aliphatic rings. The molecule has 0 aliphatic carbocycles. The minimum Gasteiger partial charge on any atom is -0.399 e. The standard InChI is InChI=1S/C12H10.C8H11N.C2H6O.CH2O/c1-2-10-7-8-11-5-3-4-6-12(11)9-10;1-6-3-4-8(9)7(2)5-6;1-3-2;1-2/h2-9H,1H2;3-5H,9H2,1-2H3;1-2H3;1H2. The van der Waals surface area contributed by atoms with Crippen molar-refractivity contribution in [3.05, 3.63) is 83.9 Å². The zero-order valence-electron chi connectivity index (χ0n) is 16.2. The van der Waals surface area contributed by atoms with E-state index in [1.165, 1.54) is 21.9 Å². The molecule has 0 unspecified atom stereocenters. The first-order valence-corrected chi connectivity index (χ1v) is 8.14. The number of methoxy groups -OCH3 is 1. The summed E-state index contributed by atoms with van der Waals surface area (Å²) >= 11 is 0. The van der Waals surface area contributed by atoms with Crippen molar-refractivity contribution in [3.63, 3.8) is 0 Å². The van der Waals surface area contributed by atoms with E-state index >= 15 is 0 Å². The molecule has 0 radical (unpaired) electrons. The number of carbonyl (C=O) groups is 1. The van der Waals surface area contributed by atoms with Crippen molar-refractivity contribution >= 4 is 29.3 Å². The first-order chi connectivity index (χ1) is 12.5. The van der Waals surface area contributed by atoms with Gasteiger partial charge in [-0.05, 0) is 47.9 Å². The van der Waals surface area contributed by atoms with Gasteiger partial charge in [-0.2, -0.15) is 0 Å². The maximum atomic E-state index is 8.00. The average Bonchev–Trinajstić information content (AvgIpc) is 2.67. The fourth-order valence-electron chi connectivity index (χ4n) is 2.16. The predicted octanol–water partition coefficient (Wildman–Crippen LogP) is 5.45. The smallest absolute Gasteiger partial charge is 0.106 e. The summed E-state index contributed by atoms with van der Waals surface area (Å²) in [5.74, 6) is 0. The van der Waals surface area contributed by atoms with Gasteiger partial charge in [0.15, 0.2) is 0 Å². The third kappa shape index (κ3) is 8.27. The highest BCUT2D eigenvalue weighted by Crippen LogP contribution is 2.15. The Morgan fingerprint density at radius 2 is 1.46 bits per heavy atom. The molecule has 3 heteroatoms. The van der Waals surface area contributed by atoms with E-state index in [9.17, 15) is 0 Å². The van der Waals surface area contributed by atoms with Gasteiger partial charge in [0.2, 0.25) is 0 Å². The molecule has 2 N–H and O–H groups in total. The second-order valence-electron chi connectivity index (χ2n) is 5.58. The van der Waals surface area contributed by atoms with Crippen LogP contribution in [0.2, 0.25) is 0 Å². The number of ether oxygens (including phenoxy) is 1. The molecule has 0 saturated heterocycles. The van der Waals surface area contributed by atoms with Crippen molar-refractivity contribution in [2.24, 2.45) is 0 Å². The van der Waals surface area contributed by atoms with E-state index < -0.39 is 0 Å². The van der Waals surface area contributed by atoms with Crippen LogP contribution in [0.1, 0.15) is 16.7 Å². The zero-order chi connectivity index (χ0) is 19.9. The van der Waals surface area contributed by atoms with E-state index in [2.05, 4.69) is 66.8 Å². The molecule has 0 atom stereocenters. The van der Waals surface area contributed by atoms with Gasteiger partial charge >= 0.3 is 0 Å². The highest BCUT2D eigenvalue weighted by atomic mass is 16.4. The molecule has 26 heavy (non-hydrogen) atoms. The molecule has 0 saturated carbocycles. The number of anilines is 1. The summed E-state index contributed by atoms with van der Waals surface area (Å²) < 4.78 is 4.25. The van der Waals surface area contributed by atoms with Crippen LogP contribution in [-0.2, 0) is 9.53 Å². The van der Waals surface area contributed by atoms with Gasteiger partial charge in [-0.15, -0.1) is 0 Å². The van der Waals surface area contributed by atoms with Crippen LogP contribution in [0.25, 0.3) is 16.8 Å². The van der Waals surface area contributed by atoms with Crippen LogP contribution < -0.4 is 5.73 Å². The maximum Gasteiger partial charge on any atom is 0.106 e. The lowest BCUT2D eigenvalue weighted by Crippen LogP contribution is -1.88. The normalized spacial score (nSPS) is 8.77. The molecule has 3 aromatic carbocycles. The van der Waals surface area contributed by atoms with Crippen molar-refractivity contribution in [2.75, 3.05) is 20.0 Å². The SMILES string of the molecule is C=Cc1ccc2ccccc2c1.C=O.COC.Cc1ccc(N)c(C)c1. The van der Waals surface area contributed by atoms with Gasteiger partial charge in [-0.1, -0.05) is 66.7 Å². The lowest BCUT2D eigenvalue weighted by Gasteiger charge is -1.98. The summed E-state index contributed by atoms with van der Waals surface area (Å²) in [6.07, 6.45) is 1.87. The summed E-state index contributed by atoms with van der Waals surface area (Å²) in [7, 11) is 3.25. The van der Waals surface area contributed by atoms with E-state index in [1.807, 2.05) is 31.9 Å². The quantitative estimate of drug-likeness (QED) is 0.593. The van der Waals surface area contributed by atoms with Crippen molar-refractivity contribution in [2.45, 2.75) is 13.8 Å². The molecule has 3 nitrogen and oxygen atoms in total. The predicted molar refractivity (Wildman–Crippen MR) is 114 cm³/mol. The van der Waals surface area contributed by atoms with Gasteiger partial charge in [0.1, 0.15) is 6.79 Å². The maximum absolute atomic E-state index is 8.00. The van der Waals surface area contributed by atoms with Crippen LogP contribution >= 0.6 is 0 Å². The van der Waals surface area contributed by atoms with Crippen LogP contribution in [0.4, 0.5) is 5.69 Å². The number of hydrogen-bond donors (Lipinski definition) is 1. The van der Waals surface area contributed by atoms with E-state index in [4.69, 9.17) is 10.5 Å². The van der Waals surface area contributed by atoms with Crippen molar-refractivity contribution < 1.29 is 9.53 Å². The van der Waals surface area contributed by atoms with Crippen LogP contribution in [0.5, 0.6) is 0 Å². The molecule has 0 heterocycles. The lowest BCUT2D eigenvalue weighted by molar-refractivity contribution is -0.0979. The fraction of sp³-hybridized carbons (Fsp3) is 0.174. The Kier molecular flexibility index (Phi) is 11.9. The second kappa shape index (κ2) is 13.4. The number of nitrogen functional groups attached to an aromatic ring is 1. The van der Waals surface area contributed by atoms with E-state index in [-0.39, 0.29) is 0 Å².